The molecule has 0 saturated heterocycles. The van der Waals surface area contributed by atoms with Crippen molar-refractivity contribution in [3.05, 3.63) is 57.7 Å². The first-order valence-electron chi connectivity index (χ1n) is 6.13. The Balaban J connectivity index is 1.92. The summed E-state index contributed by atoms with van der Waals surface area (Å²) in [7, 11) is 1.63. The summed E-state index contributed by atoms with van der Waals surface area (Å²) in [5.41, 5.74) is 3.68. The topological polar surface area (TPSA) is 34.1 Å². The maximum atomic E-state index is 5.11. The first-order chi connectivity index (χ1) is 9.19. The largest absolute Gasteiger partial charge is 0.481 e. The number of aryl methyl sites for hydroxylation is 1. The molecule has 3 nitrogen and oxygen atoms in total. The number of aromatic nitrogens is 1. The Labute approximate surface area is 122 Å². The molecule has 0 bridgehead atoms. The predicted molar refractivity (Wildman–Crippen MR) is 80.2 cm³/mol. The summed E-state index contributed by atoms with van der Waals surface area (Å²) in [5, 5.41) is 3.42. The number of ether oxygens (including phenoxy) is 1. The summed E-state index contributed by atoms with van der Waals surface area (Å²) in [5.74, 6) is 0.649. The average molecular weight is 321 g/mol. The third-order valence-electron chi connectivity index (χ3n) is 2.86. The summed E-state index contributed by atoms with van der Waals surface area (Å²) < 4.78 is 6.25. The summed E-state index contributed by atoms with van der Waals surface area (Å²) >= 11 is 3.59. The summed E-state index contributed by atoms with van der Waals surface area (Å²) in [6, 6.07) is 10.3. The van der Waals surface area contributed by atoms with Gasteiger partial charge in [0.1, 0.15) is 0 Å². The second kappa shape index (κ2) is 6.68. The molecular weight excluding hydrogens is 304 g/mol. The van der Waals surface area contributed by atoms with Crippen LogP contribution in [-0.4, -0.2) is 12.1 Å². The van der Waals surface area contributed by atoms with E-state index in [4.69, 9.17) is 4.74 Å². The molecule has 2 aromatic rings. The molecule has 1 N–H and O–H groups in total. The van der Waals surface area contributed by atoms with Gasteiger partial charge in [0.2, 0.25) is 5.88 Å². The minimum Gasteiger partial charge on any atom is -0.481 e. The number of rotatable bonds is 5. The average Bonchev–Trinajstić information content (AvgIpc) is 2.41. The Morgan fingerprint density at radius 3 is 2.79 bits per heavy atom. The molecule has 0 amide bonds. The van der Waals surface area contributed by atoms with Crippen LogP contribution in [-0.2, 0) is 13.1 Å². The van der Waals surface area contributed by atoms with E-state index in [9.17, 15) is 0 Å². The fraction of sp³-hybridized carbons (Fsp3) is 0.267. The van der Waals surface area contributed by atoms with Crippen molar-refractivity contribution < 1.29 is 4.74 Å². The van der Waals surface area contributed by atoms with Crippen molar-refractivity contribution in [2.45, 2.75) is 20.0 Å². The van der Waals surface area contributed by atoms with Crippen LogP contribution < -0.4 is 10.1 Å². The van der Waals surface area contributed by atoms with Crippen molar-refractivity contribution in [1.29, 1.82) is 0 Å². The third kappa shape index (κ3) is 4.04. The third-order valence-corrected chi connectivity index (χ3v) is 3.60. The van der Waals surface area contributed by atoms with E-state index in [1.54, 1.807) is 13.3 Å². The van der Waals surface area contributed by atoms with Crippen LogP contribution in [0, 0.1) is 6.92 Å². The van der Waals surface area contributed by atoms with Crippen LogP contribution in [0.25, 0.3) is 0 Å². The van der Waals surface area contributed by atoms with E-state index in [1.165, 1.54) is 11.1 Å². The predicted octanol–water partition coefficient (Wildman–Crippen LogP) is 3.45. The fourth-order valence-electron chi connectivity index (χ4n) is 1.81. The summed E-state index contributed by atoms with van der Waals surface area (Å²) in [4.78, 5) is 4.09. The molecule has 1 aromatic heterocycles. The molecular formula is C15H17BrN2O. The van der Waals surface area contributed by atoms with Crippen molar-refractivity contribution >= 4 is 15.9 Å². The molecule has 0 unspecified atom stereocenters. The number of nitrogens with zero attached hydrogens (tertiary/aromatic N) is 1. The van der Waals surface area contributed by atoms with Gasteiger partial charge in [0.05, 0.1) is 7.11 Å². The lowest BCUT2D eigenvalue weighted by atomic mass is 10.1. The van der Waals surface area contributed by atoms with Crippen LogP contribution in [0.15, 0.2) is 41.0 Å². The second-order valence-corrected chi connectivity index (χ2v) is 5.26. The molecule has 0 aliphatic rings. The summed E-state index contributed by atoms with van der Waals surface area (Å²) in [6.07, 6.45) is 1.76. The monoisotopic (exact) mass is 320 g/mol. The smallest absolute Gasteiger partial charge is 0.213 e. The van der Waals surface area contributed by atoms with Crippen molar-refractivity contribution in [3.8, 4) is 5.88 Å². The van der Waals surface area contributed by atoms with Gasteiger partial charge in [-0.2, -0.15) is 0 Å². The Morgan fingerprint density at radius 1 is 1.21 bits per heavy atom. The van der Waals surface area contributed by atoms with Crippen molar-refractivity contribution in [3.63, 3.8) is 0 Å². The Hall–Kier alpha value is -1.39. The van der Waals surface area contributed by atoms with Gasteiger partial charge in [-0.3, -0.25) is 0 Å². The molecule has 0 fully saturated rings. The first-order valence-corrected chi connectivity index (χ1v) is 6.93. The van der Waals surface area contributed by atoms with Gasteiger partial charge in [0.15, 0.2) is 0 Å². The van der Waals surface area contributed by atoms with Crippen LogP contribution in [0.5, 0.6) is 5.88 Å². The van der Waals surface area contributed by atoms with Crippen molar-refractivity contribution in [2.24, 2.45) is 0 Å². The SMILES string of the molecule is COc1cc(CNCc2ccc(C)cc2Br)ccn1. The number of halogens is 1. The van der Waals surface area contributed by atoms with Gasteiger partial charge >= 0.3 is 0 Å². The van der Waals surface area contributed by atoms with Gasteiger partial charge in [-0.25, -0.2) is 4.98 Å². The van der Waals surface area contributed by atoms with Gasteiger partial charge < -0.3 is 10.1 Å². The Kier molecular flexibility index (Phi) is 4.93. The zero-order valence-electron chi connectivity index (χ0n) is 11.1. The number of methoxy groups -OCH3 is 1. The van der Waals surface area contributed by atoms with Crippen molar-refractivity contribution in [2.75, 3.05) is 7.11 Å². The zero-order valence-corrected chi connectivity index (χ0v) is 12.7. The zero-order chi connectivity index (χ0) is 13.7. The van der Waals surface area contributed by atoms with Crippen LogP contribution >= 0.6 is 15.9 Å². The van der Waals surface area contributed by atoms with E-state index < -0.39 is 0 Å². The first kappa shape index (κ1) is 14.0. The molecule has 100 valence electrons. The Bertz CT molecular complexity index is 558. The number of hydrogen-bond donors (Lipinski definition) is 1. The van der Waals surface area contributed by atoms with E-state index in [1.807, 2.05) is 12.1 Å². The van der Waals surface area contributed by atoms with E-state index in [0.29, 0.717) is 5.88 Å². The molecule has 0 spiro atoms. The van der Waals surface area contributed by atoms with Gasteiger partial charge in [-0.15, -0.1) is 0 Å². The minimum absolute atomic E-state index is 0.649. The lowest BCUT2D eigenvalue weighted by Crippen LogP contribution is -2.13. The van der Waals surface area contributed by atoms with Crippen molar-refractivity contribution in [1.82, 2.24) is 10.3 Å². The Morgan fingerprint density at radius 2 is 2.05 bits per heavy atom. The quantitative estimate of drug-likeness (QED) is 0.916. The van der Waals surface area contributed by atoms with E-state index in [-0.39, 0.29) is 0 Å². The highest BCUT2D eigenvalue weighted by Crippen LogP contribution is 2.18. The number of benzene rings is 1. The highest BCUT2D eigenvalue weighted by molar-refractivity contribution is 9.10. The lowest BCUT2D eigenvalue weighted by Gasteiger charge is -2.08. The van der Waals surface area contributed by atoms with Crippen LogP contribution in [0.3, 0.4) is 0 Å². The molecule has 0 saturated carbocycles. The number of pyridine rings is 1. The number of hydrogen-bond acceptors (Lipinski definition) is 3. The van der Waals surface area contributed by atoms with Crippen LogP contribution in [0.2, 0.25) is 0 Å². The molecule has 1 heterocycles. The van der Waals surface area contributed by atoms with Gasteiger partial charge in [0.25, 0.3) is 0 Å². The standard InChI is InChI=1S/C15H17BrN2O/c1-11-3-4-13(14(16)7-11)10-17-9-12-5-6-18-15(8-12)19-2/h3-8,17H,9-10H2,1-2H3. The summed E-state index contributed by atoms with van der Waals surface area (Å²) in [6.45, 7) is 3.70. The van der Waals surface area contributed by atoms with E-state index in [2.05, 4.69) is 51.4 Å². The normalized spacial score (nSPS) is 10.5. The maximum Gasteiger partial charge on any atom is 0.213 e. The molecule has 0 radical (unpaired) electrons. The highest BCUT2D eigenvalue weighted by Gasteiger charge is 2.01. The van der Waals surface area contributed by atoms with Crippen LogP contribution in [0.1, 0.15) is 16.7 Å². The molecule has 4 heteroatoms. The highest BCUT2D eigenvalue weighted by atomic mass is 79.9. The maximum absolute atomic E-state index is 5.11. The van der Waals surface area contributed by atoms with Gasteiger partial charge in [0, 0.05) is 29.8 Å². The molecule has 1 aromatic carbocycles. The van der Waals surface area contributed by atoms with Gasteiger partial charge in [-0.1, -0.05) is 28.1 Å². The lowest BCUT2D eigenvalue weighted by molar-refractivity contribution is 0.397. The van der Waals surface area contributed by atoms with Gasteiger partial charge in [-0.05, 0) is 35.7 Å². The van der Waals surface area contributed by atoms with Crippen LogP contribution in [0.4, 0.5) is 0 Å². The molecule has 19 heavy (non-hydrogen) atoms. The minimum atomic E-state index is 0.649. The molecule has 0 aliphatic heterocycles. The molecule has 0 aliphatic carbocycles. The second-order valence-electron chi connectivity index (χ2n) is 4.40. The molecule has 0 atom stereocenters. The van der Waals surface area contributed by atoms with E-state index in [0.717, 1.165) is 23.1 Å². The van der Waals surface area contributed by atoms with E-state index >= 15 is 0 Å². The fourth-order valence-corrected chi connectivity index (χ4v) is 2.44. The number of nitrogens with one attached hydrogen (secondary N) is 1. The molecule has 2 rings (SSSR count).